The second kappa shape index (κ2) is 6.97. The largest absolute Gasteiger partial charge is 0.322 e. The lowest BCUT2D eigenvalue weighted by Crippen LogP contribution is -2.52. The maximum Gasteiger partial charge on any atom is 0.255 e. The van der Waals surface area contributed by atoms with Gasteiger partial charge in [0, 0.05) is 37.7 Å². The van der Waals surface area contributed by atoms with Gasteiger partial charge in [-0.05, 0) is 55.5 Å². The first-order valence-corrected chi connectivity index (χ1v) is 10.3. The molecule has 0 aromatic heterocycles. The Morgan fingerprint density at radius 3 is 2.86 bits per heavy atom. The molecule has 5 rings (SSSR count). The molecule has 1 aromatic carbocycles. The molecule has 28 heavy (non-hydrogen) atoms. The van der Waals surface area contributed by atoms with Gasteiger partial charge in [-0.2, -0.15) is 0 Å². The molecule has 0 spiro atoms. The number of carbonyl (C=O) groups is 3. The van der Waals surface area contributed by atoms with Crippen molar-refractivity contribution in [1.82, 2.24) is 20.4 Å². The van der Waals surface area contributed by atoms with Crippen LogP contribution < -0.4 is 10.6 Å². The molecular formula is C21H26N4O3. The van der Waals surface area contributed by atoms with Crippen LogP contribution in [0.25, 0.3) is 0 Å². The number of nitrogens with zero attached hydrogens (tertiary/aromatic N) is 2. The van der Waals surface area contributed by atoms with E-state index in [0.29, 0.717) is 24.6 Å². The lowest BCUT2D eigenvalue weighted by molar-refractivity contribution is -0.136. The third-order valence-corrected chi connectivity index (χ3v) is 6.83. The normalized spacial score (nSPS) is 30.4. The van der Waals surface area contributed by atoms with Crippen LogP contribution in [0.2, 0.25) is 0 Å². The topological polar surface area (TPSA) is 81.8 Å². The third-order valence-electron chi connectivity index (χ3n) is 6.83. The molecule has 2 N–H and O–H groups in total. The number of rotatable bonds is 3. The summed E-state index contributed by atoms with van der Waals surface area (Å²) >= 11 is 0. The fourth-order valence-corrected chi connectivity index (χ4v) is 5.28. The van der Waals surface area contributed by atoms with Crippen molar-refractivity contribution in [1.29, 1.82) is 0 Å². The lowest BCUT2D eigenvalue weighted by Gasteiger charge is -2.35. The van der Waals surface area contributed by atoms with Crippen molar-refractivity contribution in [2.75, 3.05) is 19.6 Å². The van der Waals surface area contributed by atoms with E-state index in [1.165, 1.54) is 18.4 Å². The van der Waals surface area contributed by atoms with Crippen LogP contribution >= 0.6 is 0 Å². The molecule has 3 atom stereocenters. The number of amides is 3. The van der Waals surface area contributed by atoms with E-state index in [9.17, 15) is 14.4 Å². The van der Waals surface area contributed by atoms with Crippen LogP contribution in [0, 0.1) is 5.92 Å². The van der Waals surface area contributed by atoms with Gasteiger partial charge in [-0.3, -0.25) is 24.6 Å². The van der Waals surface area contributed by atoms with Crippen LogP contribution in [0.5, 0.6) is 0 Å². The molecule has 7 nitrogen and oxygen atoms in total. The predicted molar refractivity (Wildman–Crippen MR) is 102 cm³/mol. The van der Waals surface area contributed by atoms with E-state index in [4.69, 9.17) is 0 Å². The van der Waals surface area contributed by atoms with Crippen molar-refractivity contribution in [3.8, 4) is 0 Å². The second-order valence-corrected chi connectivity index (χ2v) is 8.48. The number of fused-ring (bicyclic) bond motifs is 2. The Labute approximate surface area is 164 Å². The van der Waals surface area contributed by atoms with Crippen LogP contribution in [-0.4, -0.2) is 59.2 Å². The van der Waals surface area contributed by atoms with Crippen LogP contribution in [0.4, 0.5) is 0 Å². The van der Waals surface area contributed by atoms with Crippen LogP contribution in [0.3, 0.4) is 0 Å². The fraction of sp³-hybridized carbons (Fsp3) is 0.571. The summed E-state index contributed by atoms with van der Waals surface area (Å²) in [4.78, 5) is 40.8. The molecule has 3 saturated heterocycles. The average Bonchev–Trinajstić information content (AvgIpc) is 3.27. The molecule has 7 heteroatoms. The SMILES string of the molecule is O=C1CCC(N2Cc3c(CN4CC[C@H]5CCN[C@H]5C4)cccc3C2=O)C(=O)N1. The Balaban J connectivity index is 1.33. The predicted octanol–water partition coefficient (Wildman–Crippen LogP) is 0.631. The molecule has 4 heterocycles. The highest BCUT2D eigenvalue weighted by molar-refractivity contribution is 6.05. The molecule has 1 aromatic rings. The van der Waals surface area contributed by atoms with Gasteiger partial charge in [-0.1, -0.05) is 12.1 Å². The minimum Gasteiger partial charge on any atom is -0.322 e. The highest BCUT2D eigenvalue weighted by Gasteiger charge is 2.40. The van der Waals surface area contributed by atoms with E-state index >= 15 is 0 Å². The molecular weight excluding hydrogens is 356 g/mol. The molecule has 148 valence electrons. The molecule has 3 fully saturated rings. The Morgan fingerprint density at radius 2 is 2.00 bits per heavy atom. The number of carbonyl (C=O) groups excluding carboxylic acids is 3. The van der Waals surface area contributed by atoms with Gasteiger partial charge in [0.05, 0.1) is 0 Å². The number of likely N-dealkylation sites (tertiary alicyclic amines) is 1. The number of piperidine rings is 2. The molecule has 0 saturated carbocycles. The van der Waals surface area contributed by atoms with E-state index in [1.54, 1.807) is 4.90 Å². The number of hydrogen-bond acceptors (Lipinski definition) is 5. The maximum atomic E-state index is 13.0. The number of benzene rings is 1. The molecule has 4 aliphatic heterocycles. The first kappa shape index (κ1) is 17.8. The molecule has 0 aliphatic carbocycles. The molecule has 1 unspecified atom stereocenters. The fourth-order valence-electron chi connectivity index (χ4n) is 5.28. The molecule has 0 radical (unpaired) electrons. The second-order valence-electron chi connectivity index (χ2n) is 8.48. The minimum absolute atomic E-state index is 0.0949. The van der Waals surface area contributed by atoms with Gasteiger partial charge >= 0.3 is 0 Å². The number of nitrogens with one attached hydrogen (secondary N) is 2. The van der Waals surface area contributed by atoms with Gasteiger partial charge in [-0.25, -0.2) is 0 Å². The van der Waals surface area contributed by atoms with Crippen LogP contribution in [-0.2, 0) is 22.7 Å². The van der Waals surface area contributed by atoms with E-state index in [-0.39, 0.29) is 24.1 Å². The van der Waals surface area contributed by atoms with Crippen molar-refractivity contribution in [2.24, 2.45) is 5.92 Å². The van der Waals surface area contributed by atoms with E-state index < -0.39 is 6.04 Å². The summed E-state index contributed by atoms with van der Waals surface area (Å²) in [5, 5.41) is 5.98. The Morgan fingerprint density at radius 1 is 1.11 bits per heavy atom. The Bertz CT molecular complexity index is 839. The summed E-state index contributed by atoms with van der Waals surface area (Å²) in [6.45, 7) is 4.56. The van der Waals surface area contributed by atoms with Gasteiger partial charge in [0.15, 0.2) is 0 Å². The summed E-state index contributed by atoms with van der Waals surface area (Å²) in [6, 6.07) is 5.95. The quantitative estimate of drug-likeness (QED) is 0.750. The lowest BCUT2D eigenvalue weighted by atomic mass is 9.92. The zero-order chi connectivity index (χ0) is 19.3. The smallest absolute Gasteiger partial charge is 0.255 e. The Kier molecular flexibility index (Phi) is 4.44. The highest BCUT2D eigenvalue weighted by atomic mass is 16.2. The first-order valence-electron chi connectivity index (χ1n) is 10.3. The van der Waals surface area contributed by atoms with E-state index in [1.807, 2.05) is 12.1 Å². The molecule has 0 bridgehead atoms. The van der Waals surface area contributed by atoms with Crippen LogP contribution in [0.1, 0.15) is 47.2 Å². The summed E-state index contributed by atoms with van der Waals surface area (Å²) in [5.74, 6) is 0.105. The standard InChI is InChI=1S/C21H26N4O3/c26-19-5-4-18(20(27)23-19)25-11-16-14(2-1-3-15(16)21(25)28)10-24-9-7-13-6-8-22-17(13)12-24/h1-3,13,17-18,22H,4-12H2,(H,23,26,27)/t13-,17+,18?/m1/s1. The highest BCUT2D eigenvalue weighted by Crippen LogP contribution is 2.32. The average molecular weight is 382 g/mol. The number of imide groups is 1. The summed E-state index contributed by atoms with van der Waals surface area (Å²) in [7, 11) is 0. The summed E-state index contributed by atoms with van der Waals surface area (Å²) in [5.41, 5.74) is 2.92. The Hall–Kier alpha value is -2.25. The third kappa shape index (κ3) is 3.02. The van der Waals surface area contributed by atoms with Crippen molar-refractivity contribution in [3.63, 3.8) is 0 Å². The number of hydrogen-bond donors (Lipinski definition) is 2. The van der Waals surface area contributed by atoms with Gasteiger partial charge in [-0.15, -0.1) is 0 Å². The molecule has 3 amide bonds. The van der Waals surface area contributed by atoms with Gasteiger partial charge in [0.2, 0.25) is 11.8 Å². The van der Waals surface area contributed by atoms with Gasteiger partial charge in [0.1, 0.15) is 6.04 Å². The first-order chi connectivity index (χ1) is 13.6. The van der Waals surface area contributed by atoms with Crippen molar-refractivity contribution in [2.45, 2.75) is 50.9 Å². The summed E-state index contributed by atoms with van der Waals surface area (Å²) < 4.78 is 0. The van der Waals surface area contributed by atoms with Gasteiger partial charge < -0.3 is 10.2 Å². The van der Waals surface area contributed by atoms with Crippen molar-refractivity contribution in [3.05, 3.63) is 34.9 Å². The van der Waals surface area contributed by atoms with Crippen LogP contribution in [0.15, 0.2) is 18.2 Å². The molecule has 4 aliphatic rings. The minimum atomic E-state index is -0.552. The van der Waals surface area contributed by atoms with E-state index in [2.05, 4.69) is 21.6 Å². The monoisotopic (exact) mass is 382 g/mol. The summed E-state index contributed by atoms with van der Waals surface area (Å²) in [6.07, 6.45) is 3.20. The van der Waals surface area contributed by atoms with Gasteiger partial charge in [0.25, 0.3) is 5.91 Å². The van der Waals surface area contributed by atoms with Crippen molar-refractivity contribution < 1.29 is 14.4 Å². The zero-order valence-corrected chi connectivity index (χ0v) is 15.9. The zero-order valence-electron chi connectivity index (χ0n) is 15.9. The van der Waals surface area contributed by atoms with E-state index in [0.717, 1.165) is 37.7 Å². The van der Waals surface area contributed by atoms with Crippen molar-refractivity contribution >= 4 is 17.7 Å². The maximum absolute atomic E-state index is 13.0.